The zero-order valence-corrected chi connectivity index (χ0v) is 12.5. The van der Waals surface area contributed by atoms with E-state index in [1.807, 2.05) is 13.8 Å². The molecule has 0 spiro atoms. The van der Waals surface area contributed by atoms with Gasteiger partial charge in [0, 0.05) is 25.9 Å². The van der Waals surface area contributed by atoms with Gasteiger partial charge in [-0.25, -0.2) is 12.7 Å². The van der Waals surface area contributed by atoms with Gasteiger partial charge in [0.1, 0.15) is 0 Å². The Labute approximate surface area is 117 Å². The second-order valence-corrected chi connectivity index (χ2v) is 7.15. The van der Waals surface area contributed by atoms with Crippen molar-refractivity contribution in [2.24, 2.45) is 11.7 Å². The largest absolute Gasteiger partial charge is 0.389 e. The second-order valence-electron chi connectivity index (χ2n) is 5.06. The minimum atomic E-state index is -4.35. The van der Waals surface area contributed by atoms with Crippen LogP contribution in [0.1, 0.15) is 33.1 Å². The molecule has 0 aliphatic carbocycles. The lowest BCUT2D eigenvalue weighted by Gasteiger charge is -2.23. The number of rotatable bonds is 9. The maximum absolute atomic E-state index is 12.0. The fourth-order valence-electron chi connectivity index (χ4n) is 1.58. The van der Waals surface area contributed by atoms with E-state index < -0.39 is 34.8 Å². The Morgan fingerprint density at radius 3 is 2.30 bits per heavy atom. The van der Waals surface area contributed by atoms with Crippen LogP contribution in [-0.4, -0.2) is 43.6 Å². The molecular formula is C11H22F3N3O2S. The Morgan fingerprint density at radius 1 is 1.35 bits per heavy atom. The monoisotopic (exact) mass is 317 g/mol. The first-order chi connectivity index (χ1) is 8.94. The molecule has 0 aromatic carbocycles. The van der Waals surface area contributed by atoms with Crippen LogP contribution in [0.15, 0.2) is 0 Å². The van der Waals surface area contributed by atoms with Gasteiger partial charge in [-0.05, 0) is 12.3 Å². The van der Waals surface area contributed by atoms with E-state index in [-0.39, 0.29) is 31.3 Å². The first-order valence-corrected chi connectivity index (χ1v) is 7.92. The molecular weight excluding hydrogens is 295 g/mol. The number of nitrogens with zero attached hydrogens (tertiary/aromatic N) is 1. The molecule has 0 saturated carbocycles. The van der Waals surface area contributed by atoms with Gasteiger partial charge >= 0.3 is 6.18 Å². The highest BCUT2D eigenvalue weighted by Crippen LogP contribution is 2.22. The smallest absolute Gasteiger partial charge is 0.388 e. The zero-order chi connectivity index (χ0) is 16.0. The number of hydrogen-bond donors (Lipinski definition) is 2. The number of alkyl halides is 3. The summed E-state index contributed by atoms with van der Waals surface area (Å²) in [5.74, 6) is -0.652. The van der Waals surface area contributed by atoms with Crippen molar-refractivity contribution >= 4 is 15.9 Å². The van der Waals surface area contributed by atoms with E-state index in [0.29, 0.717) is 0 Å². The van der Waals surface area contributed by atoms with Crippen LogP contribution in [0.2, 0.25) is 0 Å². The number of sulfonamides is 1. The van der Waals surface area contributed by atoms with E-state index in [1.165, 1.54) is 0 Å². The second kappa shape index (κ2) is 7.82. The molecule has 0 radical (unpaired) electrons. The molecule has 0 fully saturated rings. The highest BCUT2D eigenvalue weighted by molar-refractivity contribution is 7.89. The van der Waals surface area contributed by atoms with E-state index in [0.717, 1.165) is 4.31 Å². The molecule has 5 nitrogen and oxygen atoms in total. The lowest BCUT2D eigenvalue weighted by molar-refractivity contribution is -0.134. The van der Waals surface area contributed by atoms with Gasteiger partial charge in [-0.1, -0.05) is 13.8 Å². The summed E-state index contributed by atoms with van der Waals surface area (Å²) >= 11 is 0. The van der Waals surface area contributed by atoms with Crippen LogP contribution in [0.4, 0.5) is 13.2 Å². The maximum atomic E-state index is 12.0. The van der Waals surface area contributed by atoms with Crippen molar-refractivity contribution in [2.45, 2.75) is 39.3 Å². The van der Waals surface area contributed by atoms with E-state index in [4.69, 9.17) is 11.1 Å². The Balaban J connectivity index is 4.63. The predicted octanol–water partition coefficient (Wildman–Crippen LogP) is 1.94. The summed E-state index contributed by atoms with van der Waals surface area (Å²) in [6.07, 6.45) is -5.85. The molecule has 9 heteroatoms. The Hall–Kier alpha value is -0.830. The highest BCUT2D eigenvalue weighted by Gasteiger charge is 2.29. The summed E-state index contributed by atoms with van der Waals surface area (Å²) < 4.78 is 61.3. The average Bonchev–Trinajstić information content (AvgIpc) is 2.20. The van der Waals surface area contributed by atoms with Crippen molar-refractivity contribution < 1.29 is 21.6 Å². The molecule has 0 amide bonds. The summed E-state index contributed by atoms with van der Waals surface area (Å²) in [6, 6.07) is 0. The van der Waals surface area contributed by atoms with Gasteiger partial charge in [0.2, 0.25) is 10.0 Å². The molecule has 20 heavy (non-hydrogen) atoms. The fourth-order valence-corrected chi connectivity index (χ4v) is 3.24. The van der Waals surface area contributed by atoms with Crippen LogP contribution in [0.25, 0.3) is 0 Å². The fraction of sp³-hybridized carbons (Fsp3) is 0.909. The average molecular weight is 317 g/mol. The van der Waals surface area contributed by atoms with E-state index >= 15 is 0 Å². The topological polar surface area (TPSA) is 87.2 Å². The van der Waals surface area contributed by atoms with Crippen molar-refractivity contribution in [2.75, 3.05) is 18.8 Å². The summed E-state index contributed by atoms with van der Waals surface area (Å²) in [5, 5.41) is 7.10. The summed E-state index contributed by atoms with van der Waals surface area (Å²) in [6.45, 7) is 3.86. The van der Waals surface area contributed by atoms with E-state index in [1.54, 1.807) is 0 Å². The van der Waals surface area contributed by atoms with Crippen LogP contribution in [0.3, 0.4) is 0 Å². The molecule has 0 atom stereocenters. The van der Waals surface area contributed by atoms with E-state index in [9.17, 15) is 21.6 Å². The van der Waals surface area contributed by atoms with Crippen LogP contribution in [0, 0.1) is 11.3 Å². The standard InChI is InChI=1S/C11H22F3N3O2S/c1-9(2)8-17(6-4-10(15)16)20(18,19)7-3-5-11(12,13)14/h9H,3-8H2,1-2H3,(H3,15,16). The van der Waals surface area contributed by atoms with Crippen molar-refractivity contribution in [3.63, 3.8) is 0 Å². The third kappa shape index (κ3) is 9.13. The molecule has 0 aliphatic heterocycles. The van der Waals surface area contributed by atoms with Crippen LogP contribution >= 0.6 is 0 Å². The first kappa shape index (κ1) is 19.2. The predicted molar refractivity (Wildman–Crippen MR) is 72.0 cm³/mol. The molecule has 0 aliphatic rings. The van der Waals surface area contributed by atoms with Crippen LogP contribution < -0.4 is 5.73 Å². The minimum Gasteiger partial charge on any atom is -0.388 e. The van der Waals surface area contributed by atoms with Crippen molar-refractivity contribution in [3.05, 3.63) is 0 Å². The van der Waals surface area contributed by atoms with Gasteiger partial charge in [-0.15, -0.1) is 0 Å². The van der Waals surface area contributed by atoms with Gasteiger partial charge in [0.15, 0.2) is 0 Å². The van der Waals surface area contributed by atoms with Gasteiger partial charge in [-0.3, -0.25) is 5.41 Å². The number of halogens is 3. The molecule has 0 saturated heterocycles. The first-order valence-electron chi connectivity index (χ1n) is 6.31. The summed E-state index contributed by atoms with van der Waals surface area (Å²) in [5.41, 5.74) is 5.19. The molecule has 0 unspecified atom stereocenters. The van der Waals surface area contributed by atoms with Gasteiger partial charge in [0.25, 0.3) is 0 Å². The summed E-state index contributed by atoms with van der Waals surface area (Å²) in [7, 11) is -3.75. The molecule has 120 valence electrons. The Kier molecular flexibility index (Phi) is 7.50. The lowest BCUT2D eigenvalue weighted by Crippen LogP contribution is -2.38. The molecule has 0 rings (SSSR count). The highest BCUT2D eigenvalue weighted by atomic mass is 32.2. The molecule has 0 bridgehead atoms. The van der Waals surface area contributed by atoms with Gasteiger partial charge in [-0.2, -0.15) is 13.2 Å². The maximum Gasteiger partial charge on any atom is 0.389 e. The normalized spacial score (nSPS) is 13.2. The van der Waals surface area contributed by atoms with Crippen molar-refractivity contribution in [1.82, 2.24) is 4.31 Å². The molecule has 3 N–H and O–H groups in total. The summed E-state index contributed by atoms with van der Waals surface area (Å²) in [4.78, 5) is 0. The number of nitrogens with one attached hydrogen (secondary N) is 1. The Morgan fingerprint density at radius 2 is 1.90 bits per heavy atom. The molecule has 0 aromatic heterocycles. The Bertz CT molecular complexity index is 408. The lowest BCUT2D eigenvalue weighted by atomic mass is 10.2. The molecule has 0 heterocycles. The minimum absolute atomic E-state index is 0.0296. The van der Waals surface area contributed by atoms with Crippen LogP contribution in [0.5, 0.6) is 0 Å². The zero-order valence-electron chi connectivity index (χ0n) is 11.7. The van der Waals surface area contributed by atoms with Crippen molar-refractivity contribution in [3.8, 4) is 0 Å². The van der Waals surface area contributed by atoms with Crippen LogP contribution in [-0.2, 0) is 10.0 Å². The van der Waals surface area contributed by atoms with Gasteiger partial charge in [0.05, 0.1) is 11.6 Å². The number of nitrogens with two attached hydrogens (primary N) is 1. The third-order valence-corrected chi connectivity index (χ3v) is 4.38. The van der Waals surface area contributed by atoms with E-state index in [2.05, 4.69) is 0 Å². The quantitative estimate of drug-likeness (QED) is 0.503. The third-order valence-electron chi connectivity index (χ3n) is 2.46. The number of amidine groups is 1. The SMILES string of the molecule is CC(C)CN(CCC(=N)N)S(=O)(=O)CCCC(F)(F)F. The molecule has 0 aromatic rings. The van der Waals surface area contributed by atoms with Gasteiger partial charge < -0.3 is 5.73 Å². The number of hydrogen-bond acceptors (Lipinski definition) is 3. The van der Waals surface area contributed by atoms with Crippen molar-refractivity contribution in [1.29, 1.82) is 5.41 Å².